The van der Waals surface area contributed by atoms with Crippen molar-refractivity contribution in [3.8, 4) is 6.07 Å². The fourth-order valence-electron chi connectivity index (χ4n) is 3.66. The summed E-state index contributed by atoms with van der Waals surface area (Å²) in [6.07, 6.45) is 0. The van der Waals surface area contributed by atoms with E-state index in [1.807, 2.05) is 29.6 Å². The number of rotatable bonds is 3. The second-order valence-electron chi connectivity index (χ2n) is 6.62. The lowest BCUT2D eigenvalue weighted by atomic mass is 9.81. The molecule has 3 aromatic rings. The Morgan fingerprint density at radius 3 is 2.71 bits per heavy atom. The Balaban J connectivity index is 1.78. The van der Waals surface area contributed by atoms with E-state index in [0.717, 1.165) is 10.4 Å². The molecule has 1 N–H and O–H groups in total. The zero-order valence-corrected chi connectivity index (χ0v) is 15.9. The lowest BCUT2D eigenvalue weighted by Crippen LogP contribution is -2.43. The molecule has 0 aliphatic carbocycles. The van der Waals surface area contributed by atoms with Gasteiger partial charge in [0.2, 0.25) is 5.91 Å². The summed E-state index contributed by atoms with van der Waals surface area (Å²) in [5, 5.41) is 14.0. The van der Waals surface area contributed by atoms with Gasteiger partial charge in [-0.2, -0.15) is 5.26 Å². The summed E-state index contributed by atoms with van der Waals surface area (Å²) in [7, 11) is 1.74. The zero-order chi connectivity index (χ0) is 19.7. The Labute approximate surface area is 166 Å². The monoisotopic (exact) mass is 387 g/mol. The Morgan fingerprint density at radius 2 is 1.96 bits per heavy atom. The number of thiophene rings is 1. The largest absolute Gasteiger partial charge is 0.333 e. The molecule has 0 unspecified atom stereocenters. The number of carbonyl (C=O) groups excluding carboxylic acids is 2. The van der Waals surface area contributed by atoms with E-state index in [4.69, 9.17) is 5.26 Å². The van der Waals surface area contributed by atoms with Gasteiger partial charge in [-0.3, -0.25) is 9.59 Å². The van der Waals surface area contributed by atoms with Gasteiger partial charge in [0.15, 0.2) is 0 Å². The number of amides is 2. The van der Waals surface area contributed by atoms with Crippen LogP contribution in [-0.2, 0) is 4.79 Å². The maximum absolute atomic E-state index is 13.4. The van der Waals surface area contributed by atoms with E-state index in [1.165, 1.54) is 11.3 Å². The summed E-state index contributed by atoms with van der Waals surface area (Å²) in [4.78, 5) is 28.9. The van der Waals surface area contributed by atoms with E-state index in [9.17, 15) is 9.59 Å². The summed E-state index contributed by atoms with van der Waals surface area (Å²) in [5.74, 6) is -0.854. The lowest BCUT2D eigenvalue weighted by Gasteiger charge is -2.39. The highest BCUT2D eigenvalue weighted by atomic mass is 32.1. The molecular weight excluding hydrogens is 370 g/mol. The number of fused-ring (bicyclic) bond motifs is 1. The summed E-state index contributed by atoms with van der Waals surface area (Å²) in [6.45, 7) is 0. The first-order valence-electron chi connectivity index (χ1n) is 8.80. The van der Waals surface area contributed by atoms with E-state index in [1.54, 1.807) is 48.3 Å². The van der Waals surface area contributed by atoms with Gasteiger partial charge in [-0.15, -0.1) is 11.3 Å². The van der Waals surface area contributed by atoms with Crippen molar-refractivity contribution >= 4 is 28.8 Å². The fourth-order valence-corrected chi connectivity index (χ4v) is 4.56. The minimum atomic E-state index is -0.553. The van der Waals surface area contributed by atoms with Crippen LogP contribution in [0, 0.1) is 11.3 Å². The van der Waals surface area contributed by atoms with Crippen LogP contribution in [0.1, 0.15) is 38.3 Å². The van der Waals surface area contributed by atoms with Gasteiger partial charge in [0, 0.05) is 23.2 Å². The molecule has 2 heterocycles. The number of benzene rings is 2. The Bertz CT molecular complexity index is 1090. The number of nitriles is 1. The first kappa shape index (κ1) is 18.0. The summed E-state index contributed by atoms with van der Waals surface area (Å²) in [6, 6.07) is 19.6. The van der Waals surface area contributed by atoms with Crippen LogP contribution in [0.4, 0.5) is 5.69 Å². The van der Waals surface area contributed by atoms with Gasteiger partial charge in [0.1, 0.15) is 0 Å². The van der Waals surface area contributed by atoms with Crippen LogP contribution >= 0.6 is 11.3 Å². The van der Waals surface area contributed by atoms with Crippen molar-refractivity contribution in [2.75, 3.05) is 12.4 Å². The molecule has 0 bridgehead atoms. The smallest absolute Gasteiger partial charge is 0.254 e. The van der Waals surface area contributed by atoms with Crippen molar-refractivity contribution in [2.45, 2.75) is 12.0 Å². The molecule has 4 rings (SSSR count). The molecule has 1 aromatic heterocycles. The average Bonchev–Trinajstić information content (AvgIpc) is 3.25. The zero-order valence-electron chi connectivity index (χ0n) is 15.1. The molecule has 0 fully saturated rings. The van der Waals surface area contributed by atoms with E-state index < -0.39 is 5.92 Å². The molecule has 5 nitrogen and oxygen atoms in total. The van der Waals surface area contributed by atoms with Gasteiger partial charge in [-0.05, 0) is 41.3 Å². The summed E-state index contributed by atoms with van der Waals surface area (Å²) < 4.78 is 0. The third kappa shape index (κ3) is 3.06. The van der Waals surface area contributed by atoms with Gasteiger partial charge in [0.05, 0.1) is 23.6 Å². The fraction of sp³-hybridized carbons (Fsp3) is 0.136. The van der Waals surface area contributed by atoms with Crippen LogP contribution in [0.3, 0.4) is 0 Å². The van der Waals surface area contributed by atoms with Gasteiger partial charge in [-0.1, -0.05) is 30.3 Å². The molecule has 1 aliphatic rings. The van der Waals surface area contributed by atoms with Crippen molar-refractivity contribution in [1.82, 2.24) is 4.90 Å². The standard InChI is InChI=1S/C22H17N3O2S/c1-25-20(18-10-5-11-28-18)19(16-8-2-3-9-17(16)22(25)27)21(26)24-15-7-4-6-14(12-15)13-23/h2-12,19-20H,1H3,(H,24,26)/t19-,20-/m0/s1. The second kappa shape index (κ2) is 7.29. The molecule has 1 aliphatic heterocycles. The molecule has 6 heteroatoms. The Hall–Kier alpha value is -3.43. The van der Waals surface area contributed by atoms with E-state index in [0.29, 0.717) is 16.8 Å². The summed E-state index contributed by atoms with van der Waals surface area (Å²) in [5.41, 5.74) is 2.30. The van der Waals surface area contributed by atoms with Gasteiger partial charge in [0.25, 0.3) is 5.91 Å². The van der Waals surface area contributed by atoms with Gasteiger partial charge < -0.3 is 10.2 Å². The Kier molecular flexibility index (Phi) is 4.68. The van der Waals surface area contributed by atoms with Crippen LogP contribution in [0.25, 0.3) is 0 Å². The van der Waals surface area contributed by atoms with Crippen LogP contribution in [0.5, 0.6) is 0 Å². The number of nitrogens with zero attached hydrogens (tertiary/aromatic N) is 2. The van der Waals surface area contributed by atoms with Gasteiger partial charge in [-0.25, -0.2) is 0 Å². The highest BCUT2D eigenvalue weighted by Gasteiger charge is 2.43. The topological polar surface area (TPSA) is 73.2 Å². The predicted molar refractivity (Wildman–Crippen MR) is 108 cm³/mol. The van der Waals surface area contributed by atoms with Gasteiger partial charge >= 0.3 is 0 Å². The maximum Gasteiger partial charge on any atom is 0.254 e. The van der Waals surface area contributed by atoms with E-state index in [-0.39, 0.29) is 17.9 Å². The van der Waals surface area contributed by atoms with E-state index in [2.05, 4.69) is 11.4 Å². The van der Waals surface area contributed by atoms with Crippen LogP contribution in [0.2, 0.25) is 0 Å². The Morgan fingerprint density at radius 1 is 1.14 bits per heavy atom. The normalized spacial score (nSPS) is 18.3. The average molecular weight is 387 g/mol. The molecule has 138 valence electrons. The first-order valence-corrected chi connectivity index (χ1v) is 9.68. The van der Waals surface area contributed by atoms with Crippen molar-refractivity contribution in [3.05, 3.63) is 87.6 Å². The highest BCUT2D eigenvalue weighted by molar-refractivity contribution is 7.10. The number of likely N-dealkylation sites (N-methyl/N-ethyl adjacent to an activating group) is 1. The molecule has 0 saturated carbocycles. The van der Waals surface area contributed by atoms with Crippen LogP contribution < -0.4 is 5.32 Å². The molecule has 28 heavy (non-hydrogen) atoms. The number of hydrogen-bond acceptors (Lipinski definition) is 4. The molecule has 2 aromatic carbocycles. The predicted octanol–water partition coefficient (Wildman–Crippen LogP) is 4.17. The van der Waals surface area contributed by atoms with Crippen molar-refractivity contribution in [1.29, 1.82) is 5.26 Å². The maximum atomic E-state index is 13.4. The van der Waals surface area contributed by atoms with Crippen LogP contribution in [0.15, 0.2) is 66.0 Å². The quantitative estimate of drug-likeness (QED) is 0.733. The minimum absolute atomic E-state index is 0.0930. The third-order valence-electron chi connectivity index (χ3n) is 4.96. The van der Waals surface area contributed by atoms with Crippen molar-refractivity contribution in [2.24, 2.45) is 0 Å². The highest BCUT2D eigenvalue weighted by Crippen LogP contribution is 2.43. The minimum Gasteiger partial charge on any atom is -0.333 e. The second-order valence-corrected chi connectivity index (χ2v) is 7.60. The molecule has 2 atom stereocenters. The number of hydrogen-bond donors (Lipinski definition) is 1. The lowest BCUT2D eigenvalue weighted by molar-refractivity contribution is -0.119. The molecular formula is C22H17N3O2S. The third-order valence-corrected chi connectivity index (χ3v) is 5.90. The number of anilines is 1. The van der Waals surface area contributed by atoms with E-state index >= 15 is 0 Å². The molecule has 0 spiro atoms. The molecule has 2 amide bonds. The molecule has 0 radical (unpaired) electrons. The van der Waals surface area contributed by atoms with Crippen molar-refractivity contribution in [3.63, 3.8) is 0 Å². The molecule has 0 saturated heterocycles. The number of carbonyl (C=O) groups is 2. The first-order chi connectivity index (χ1) is 13.6. The van der Waals surface area contributed by atoms with Crippen LogP contribution in [-0.4, -0.2) is 23.8 Å². The summed E-state index contributed by atoms with van der Waals surface area (Å²) >= 11 is 1.53. The number of nitrogens with one attached hydrogen (secondary N) is 1. The SMILES string of the molecule is CN1C(=O)c2ccccc2[C@H](C(=O)Nc2cccc(C#N)c2)[C@@H]1c1cccs1. The van der Waals surface area contributed by atoms with Crippen molar-refractivity contribution < 1.29 is 9.59 Å².